The number of aromatic nitrogens is 1. The van der Waals surface area contributed by atoms with Crippen LogP contribution in [0.4, 0.5) is 4.79 Å². The Hall–Kier alpha value is -3.42. The smallest absolute Gasteiger partial charge is 0.324 e. The maximum absolute atomic E-state index is 13.1. The van der Waals surface area contributed by atoms with Crippen molar-refractivity contribution in [1.82, 2.24) is 20.1 Å². The third-order valence-corrected chi connectivity index (χ3v) is 6.16. The summed E-state index contributed by atoms with van der Waals surface area (Å²) < 4.78 is 5.15. The first-order valence-electron chi connectivity index (χ1n) is 11.0. The summed E-state index contributed by atoms with van der Waals surface area (Å²) in [5.74, 6) is 0.297. The topological polar surface area (TPSA) is 91.8 Å². The number of carbonyl (C=O) groups excluding carboxylic acids is 3. The first-order chi connectivity index (χ1) is 15.6. The number of pyridine rings is 1. The molecule has 2 saturated heterocycles. The van der Waals surface area contributed by atoms with Crippen LogP contribution in [0.3, 0.4) is 0 Å². The number of hydrogen-bond acceptors (Lipinski definition) is 5. The van der Waals surface area contributed by atoms with Gasteiger partial charge in [0.2, 0.25) is 5.91 Å². The fraction of sp³-hybridized carbons (Fsp3) is 0.417. The lowest BCUT2D eigenvalue weighted by Crippen LogP contribution is -2.43. The van der Waals surface area contributed by atoms with Crippen molar-refractivity contribution >= 4 is 17.8 Å². The van der Waals surface area contributed by atoms with Gasteiger partial charge in [-0.05, 0) is 55.0 Å². The van der Waals surface area contributed by atoms with E-state index in [0.717, 1.165) is 36.1 Å². The van der Waals surface area contributed by atoms with Gasteiger partial charge in [-0.1, -0.05) is 18.2 Å². The Morgan fingerprint density at radius 2 is 2.00 bits per heavy atom. The van der Waals surface area contributed by atoms with Gasteiger partial charge in [0.15, 0.2) is 0 Å². The molecule has 168 valence electrons. The van der Waals surface area contributed by atoms with Gasteiger partial charge in [-0.25, -0.2) is 4.79 Å². The number of carbonyl (C=O) groups is 3. The van der Waals surface area contributed by atoms with Crippen molar-refractivity contribution in [2.45, 2.75) is 44.2 Å². The van der Waals surface area contributed by atoms with E-state index in [2.05, 4.69) is 10.3 Å². The molecule has 3 heterocycles. The summed E-state index contributed by atoms with van der Waals surface area (Å²) in [6.45, 7) is 0.915. The number of ether oxygens (including phenoxy) is 1. The van der Waals surface area contributed by atoms with Crippen molar-refractivity contribution in [3.63, 3.8) is 0 Å². The number of imide groups is 1. The number of amides is 4. The van der Waals surface area contributed by atoms with Gasteiger partial charge in [-0.3, -0.25) is 19.5 Å². The molecule has 0 radical (unpaired) electrons. The van der Waals surface area contributed by atoms with Crippen molar-refractivity contribution in [1.29, 1.82) is 0 Å². The number of benzene rings is 1. The SMILES string of the molecule is COc1ccc(CCN2C(=O)NC(CC(=O)N3CCCCC3c3cccnc3)C2=O)cc1. The molecule has 2 aromatic rings. The summed E-state index contributed by atoms with van der Waals surface area (Å²) in [5, 5.41) is 2.69. The quantitative estimate of drug-likeness (QED) is 0.674. The summed E-state index contributed by atoms with van der Waals surface area (Å²) in [5.41, 5.74) is 2.00. The van der Waals surface area contributed by atoms with Crippen LogP contribution in [0.1, 0.15) is 42.9 Å². The first kappa shape index (κ1) is 21.8. The molecule has 1 aromatic carbocycles. The van der Waals surface area contributed by atoms with Gasteiger partial charge in [0.05, 0.1) is 19.6 Å². The van der Waals surface area contributed by atoms with Crippen LogP contribution in [0.25, 0.3) is 0 Å². The summed E-state index contributed by atoms with van der Waals surface area (Å²) in [6, 6.07) is 10.1. The molecule has 8 nitrogen and oxygen atoms in total. The average molecular weight is 437 g/mol. The number of piperidine rings is 1. The zero-order valence-corrected chi connectivity index (χ0v) is 18.2. The van der Waals surface area contributed by atoms with E-state index in [0.29, 0.717) is 13.0 Å². The van der Waals surface area contributed by atoms with Crippen LogP contribution < -0.4 is 10.1 Å². The molecular formula is C24H28N4O4. The van der Waals surface area contributed by atoms with E-state index in [1.165, 1.54) is 4.90 Å². The molecular weight excluding hydrogens is 408 g/mol. The van der Waals surface area contributed by atoms with Gasteiger partial charge in [0, 0.05) is 25.5 Å². The van der Waals surface area contributed by atoms with E-state index in [4.69, 9.17) is 4.74 Å². The molecule has 2 atom stereocenters. The number of likely N-dealkylation sites (tertiary alicyclic amines) is 1. The van der Waals surface area contributed by atoms with Crippen molar-refractivity contribution in [2.24, 2.45) is 0 Å². The Kier molecular flexibility index (Phi) is 6.68. The van der Waals surface area contributed by atoms with Crippen LogP contribution in [-0.2, 0) is 16.0 Å². The molecule has 2 aliphatic rings. The van der Waals surface area contributed by atoms with Crippen LogP contribution in [0, 0.1) is 0 Å². The molecule has 32 heavy (non-hydrogen) atoms. The highest BCUT2D eigenvalue weighted by atomic mass is 16.5. The molecule has 0 saturated carbocycles. The van der Waals surface area contributed by atoms with Crippen molar-refractivity contribution in [2.75, 3.05) is 20.2 Å². The molecule has 2 fully saturated rings. The molecule has 0 bridgehead atoms. The second-order valence-corrected chi connectivity index (χ2v) is 8.18. The number of urea groups is 1. The highest BCUT2D eigenvalue weighted by Gasteiger charge is 2.40. The Morgan fingerprint density at radius 3 is 2.72 bits per heavy atom. The summed E-state index contributed by atoms with van der Waals surface area (Å²) in [6.07, 6.45) is 6.87. The van der Waals surface area contributed by atoms with E-state index >= 15 is 0 Å². The van der Waals surface area contributed by atoms with Crippen LogP contribution in [0.15, 0.2) is 48.8 Å². The van der Waals surface area contributed by atoms with E-state index < -0.39 is 12.1 Å². The zero-order valence-electron chi connectivity index (χ0n) is 18.2. The molecule has 0 aliphatic carbocycles. The zero-order chi connectivity index (χ0) is 22.5. The van der Waals surface area contributed by atoms with Crippen LogP contribution in [-0.4, -0.2) is 58.9 Å². The molecule has 0 spiro atoms. The number of nitrogens with one attached hydrogen (secondary N) is 1. The average Bonchev–Trinajstić information content (AvgIpc) is 3.10. The first-order valence-corrected chi connectivity index (χ1v) is 11.0. The third kappa shape index (κ3) is 4.74. The summed E-state index contributed by atoms with van der Waals surface area (Å²) in [4.78, 5) is 45.6. The van der Waals surface area contributed by atoms with Gasteiger partial charge < -0.3 is 15.0 Å². The molecule has 2 unspecified atom stereocenters. The lowest BCUT2D eigenvalue weighted by atomic mass is 9.95. The van der Waals surface area contributed by atoms with Crippen molar-refractivity contribution in [3.05, 3.63) is 59.9 Å². The molecule has 4 rings (SSSR count). The number of hydrogen-bond donors (Lipinski definition) is 1. The Bertz CT molecular complexity index is 964. The number of rotatable bonds is 7. The number of nitrogens with zero attached hydrogens (tertiary/aromatic N) is 3. The van der Waals surface area contributed by atoms with E-state index in [1.54, 1.807) is 19.5 Å². The predicted molar refractivity (Wildman–Crippen MR) is 118 cm³/mol. The normalized spacial score (nSPS) is 20.9. The summed E-state index contributed by atoms with van der Waals surface area (Å²) >= 11 is 0. The maximum Gasteiger partial charge on any atom is 0.324 e. The Balaban J connectivity index is 1.37. The fourth-order valence-corrected chi connectivity index (χ4v) is 4.40. The van der Waals surface area contributed by atoms with Gasteiger partial charge in [0.1, 0.15) is 11.8 Å². The van der Waals surface area contributed by atoms with Gasteiger partial charge >= 0.3 is 6.03 Å². The van der Waals surface area contributed by atoms with Crippen LogP contribution in [0.2, 0.25) is 0 Å². The van der Waals surface area contributed by atoms with Crippen molar-refractivity contribution in [3.8, 4) is 5.75 Å². The van der Waals surface area contributed by atoms with E-state index in [1.807, 2.05) is 41.3 Å². The number of methoxy groups -OCH3 is 1. The monoisotopic (exact) mass is 436 g/mol. The lowest BCUT2D eigenvalue weighted by molar-refractivity contribution is -0.138. The van der Waals surface area contributed by atoms with Crippen LogP contribution >= 0.6 is 0 Å². The van der Waals surface area contributed by atoms with E-state index in [9.17, 15) is 14.4 Å². The maximum atomic E-state index is 13.1. The van der Waals surface area contributed by atoms with Crippen molar-refractivity contribution < 1.29 is 19.1 Å². The lowest BCUT2D eigenvalue weighted by Gasteiger charge is -2.36. The Labute approximate surface area is 187 Å². The minimum absolute atomic E-state index is 0.0274. The van der Waals surface area contributed by atoms with E-state index in [-0.39, 0.29) is 30.8 Å². The molecule has 8 heteroatoms. The largest absolute Gasteiger partial charge is 0.497 e. The summed E-state index contributed by atoms with van der Waals surface area (Å²) in [7, 11) is 1.60. The second-order valence-electron chi connectivity index (χ2n) is 8.18. The standard InChI is InChI=1S/C24H28N4O4/c1-32-19-9-7-17(8-10-19)11-14-28-23(30)20(26-24(28)31)15-22(29)27-13-3-2-6-21(27)18-5-4-12-25-16-18/h4-5,7-10,12,16,20-21H,2-3,6,11,13-15H2,1H3,(H,26,31). The van der Waals surface area contributed by atoms with Gasteiger partial charge in [0.25, 0.3) is 5.91 Å². The minimum Gasteiger partial charge on any atom is -0.497 e. The van der Waals surface area contributed by atoms with Gasteiger partial charge in [-0.15, -0.1) is 0 Å². The minimum atomic E-state index is -0.817. The molecule has 2 aliphatic heterocycles. The highest BCUT2D eigenvalue weighted by Crippen LogP contribution is 2.31. The highest BCUT2D eigenvalue weighted by molar-refractivity contribution is 6.05. The predicted octanol–water partition coefficient (Wildman–Crippen LogP) is 2.70. The van der Waals surface area contributed by atoms with Gasteiger partial charge in [-0.2, -0.15) is 0 Å². The Morgan fingerprint density at radius 1 is 1.19 bits per heavy atom. The molecule has 1 aromatic heterocycles. The molecule has 4 amide bonds. The second kappa shape index (κ2) is 9.80. The fourth-order valence-electron chi connectivity index (χ4n) is 4.40. The van der Waals surface area contributed by atoms with Crippen LogP contribution in [0.5, 0.6) is 5.75 Å². The third-order valence-electron chi connectivity index (χ3n) is 6.16. The molecule has 1 N–H and O–H groups in total.